The molecular formula is C21H17ClN4OS. The molecule has 0 spiro atoms. The number of benzene rings is 2. The number of thioether (sulfide) groups is 1. The molecule has 2 aromatic heterocycles. The standard InChI is InChI=1S/C21H17ClN4OS/c1-14-6-8-15(9-7-14)13-28-21-25-19-18(23-10-11-24-19)20(27)26(21)12-16-4-2-3-5-17(16)22/h2-11H,12-13H2,1H3. The van der Waals surface area contributed by atoms with Gasteiger partial charge in [-0.2, -0.15) is 0 Å². The number of fused-ring (bicyclic) bond motifs is 1. The molecule has 4 rings (SSSR count). The number of hydrogen-bond donors (Lipinski definition) is 0. The fourth-order valence-electron chi connectivity index (χ4n) is 2.81. The van der Waals surface area contributed by atoms with Crippen LogP contribution in [0.25, 0.3) is 11.2 Å². The maximum absolute atomic E-state index is 13.1. The SMILES string of the molecule is Cc1ccc(CSc2nc3nccnc3c(=O)n2Cc2ccccc2Cl)cc1. The van der Waals surface area contributed by atoms with Crippen molar-refractivity contribution in [3.05, 3.63) is 93.0 Å². The van der Waals surface area contributed by atoms with Crippen LogP contribution in [-0.4, -0.2) is 19.5 Å². The number of aromatic nitrogens is 4. The summed E-state index contributed by atoms with van der Waals surface area (Å²) in [6, 6.07) is 15.8. The molecule has 7 heteroatoms. The van der Waals surface area contributed by atoms with Gasteiger partial charge in [0, 0.05) is 23.2 Å². The lowest BCUT2D eigenvalue weighted by Crippen LogP contribution is -2.25. The summed E-state index contributed by atoms with van der Waals surface area (Å²) < 4.78 is 1.62. The molecule has 0 bridgehead atoms. The van der Waals surface area contributed by atoms with Crippen molar-refractivity contribution in [2.24, 2.45) is 0 Å². The predicted octanol–water partition coefficient (Wildman–Crippen LogP) is 4.49. The Morgan fingerprint density at radius 2 is 1.79 bits per heavy atom. The van der Waals surface area contributed by atoms with Crippen molar-refractivity contribution in [2.45, 2.75) is 24.4 Å². The van der Waals surface area contributed by atoms with E-state index in [1.165, 1.54) is 23.5 Å². The third-order valence-electron chi connectivity index (χ3n) is 4.33. The van der Waals surface area contributed by atoms with Gasteiger partial charge in [-0.05, 0) is 24.1 Å². The molecule has 0 aliphatic heterocycles. The van der Waals surface area contributed by atoms with Gasteiger partial charge in [0.1, 0.15) is 0 Å². The summed E-state index contributed by atoms with van der Waals surface area (Å²) in [6.07, 6.45) is 3.05. The average molecular weight is 409 g/mol. The fraction of sp³-hybridized carbons (Fsp3) is 0.143. The van der Waals surface area contributed by atoms with E-state index in [0.717, 1.165) is 11.1 Å². The van der Waals surface area contributed by atoms with E-state index in [1.807, 2.05) is 24.3 Å². The van der Waals surface area contributed by atoms with Gasteiger partial charge in [0.2, 0.25) is 0 Å². The van der Waals surface area contributed by atoms with Gasteiger partial charge in [-0.1, -0.05) is 71.4 Å². The Hall–Kier alpha value is -2.70. The second-order valence-electron chi connectivity index (χ2n) is 6.38. The van der Waals surface area contributed by atoms with Gasteiger partial charge in [0.25, 0.3) is 5.56 Å². The van der Waals surface area contributed by atoms with Gasteiger partial charge in [0.05, 0.1) is 6.54 Å². The molecule has 0 atom stereocenters. The van der Waals surface area contributed by atoms with Crippen LogP contribution in [0.15, 0.2) is 70.9 Å². The topological polar surface area (TPSA) is 60.7 Å². The molecule has 2 aromatic carbocycles. The van der Waals surface area contributed by atoms with Gasteiger partial charge in [-0.3, -0.25) is 9.36 Å². The summed E-state index contributed by atoms with van der Waals surface area (Å²) in [5.41, 5.74) is 3.62. The maximum Gasteiger partial charge on any atom is 0.282 e. The van der Waals surface area contributed by atoms with Crippen LogP contribution in [0.1, 0.15) is 16.7 Å². The summed E-state index contributed by atoms with van der Waals surface area (Å²) in [4.78, 5) is 26.1. The van der Waals surface area contributed by atoms with Crippen LogP contribution in [-0.2, 0) is 12.3 Å². The second kappa shape index (κ2) is 8.12. The highest BCUT2D eigenvalue weighted by molar-refractivity contribution is 7.98. The van der Waals surface area contributed by atoms with Gasteiger partial charge < -0.3 is 0 Å². The molecule has 0 fully saturated rings. The van der Waals surface area contributed by atoms with Crippen molar-refractivity contribution in [2.75, 3.05) is 0 Å². The number of halogens is 1. The van der Waals surface area contributed by atoms with Gasteiger partial charge in [0.15, 0.2) is 16.3 Å². The molecule has 4 aromatic rings. The van der Waals surface area contributed by atoms with Crippen molar-refractivity contribution in [3.63, 3.8) is 0 Å². The lowest BCUT2D eigenvalue weighted by atomic mass is 10.2. The first-order chi connectivity index (χ1) is 13.6. The molecule has 5 nitrogen and oxygen atoms in total. The van der Waals surface area contributed by atoms with Crippen LogP contribution in [0.4, 0.5) is 0 Å². The molecule has 0 amide bonds. The molecule has 0 saturated carbocycles. The van der Waals surface area contributed by atoms with E-state index in [0.29, 0.717) is 28.1 Å². The van der Waals surface area contributed by atoms with Crippen molar-refractivity contribution in [3.8, 4) is 0 Å². The Balaban J connectivity index is 1.75. The summed E-state index contributed by atoms with van der Waals surface area (Å²) in [7, 11) is 0. The van der Waals surface area contributed by atoms with Gasteiger partial charge in [-0.25, -0.2) is 15.0 Å². The van der Waals surface area contributed by atoms with E-state index in [9.17, 15) is 4.79 Å². The van der Waals surface area contributed by atoms with E-state index >= 15 is 0 Å². The third-order valence-corrected chi connectivity index (χ3v) is 5.75. The Kier molecular flexibility index (Phi) is 5.41. The molecular weight excluding hydrogens is 392 g/mol. The summed E-state index contributed by atoms with van der Waals surface area (Å²) in [6.45, 7) is 2.38. The van der Waals surface area contributed by atoms with Crippen molar-refractivity contribution < 1.29 is 0 Å². The third kappa shape index (κ3) is 3.93. The molecule has 0 aliphatic carbocycles. The molecule has 140 valence electrons. The molecule has 0 aliphatic rings. The van der Waals surface area contributed by atoms with Crippen LogP contribution in [0.5, 0.6) is 0 Å². The molecule has 0 N–H and O–H groups in total. The highest BCUT2D eigenvalue weighted by Crippen LogP contribution is 2.24. The van der Waals surface area contributed by atoms with Gasteiger partial charge in [-0.15, -0.1) is 0 Å². The molecule has 0 saturated heterocycles. The summed E-state index contributed by atoms with van der Waals surface area (Å²) in [5.74, 6) is 0.695. The molecule has 2 heterocycles. The lowest BCUT2D eigenvalue weighted by molar-refractivity contribution is 0.654. The van der Waals surface area contributed by atoms with Crippen LogP contribution in [0.2, 0.25) is 5.02 Å². The highest BCUT2D eigenvalue weighted by Gasteiger charge is 2.15. The molecule has 28 heavy (non-hydrogen) atoms. The van der Waals surface area contributed by atoms with Crippen molar-refractivity contribution >= 4 is 34.5 Å². The summed E-state index contributed by atoms with van der Waals surface area (Å²) in [5, 5.41) is 1.21. The van der Waals surface area contributed by atoms with E-state index in [1.54, 1.807) is 10.8 Å². The fourth-order valence-corrected chi connectivity index (χ4v) is 3.95. The first kappa shape index (κ1) is 18.7. The number of aryl methyl sites for hydroxylation is 1. The Labute approximate surface area is 171 Å². The van der Waals surface area contributed by atoms with Crippen LogP contribution >= 0.6 is 23.4 Å². The van der Waals surface area contributed by atoms with Crippen molar-refractivity contribution in [1.82, 2.24) is 19.5 Å². The smallest absolute Gasteiger partial charge is 0.281 e. The first-order valence-corrected chi connectivity index (χ1v) is 10.1. The minimum Gasteiger partial charge on any atom is -0.281 e. The monoisotopic (exact) mass is 408 g/mol. The Bertz CT molecular complexity index is 1190. The van der Waals surface area contributed by atoms with Crippen LogP contribution in [0.3, 0.4) is 0 Å². The molecule has 0 radical (unpaired) electrons. The predicted molar refractivity (Wildman–Crippen MR) is 113 cm³/mol. The average Bonchev–Trinajstić information content (AvgIpc) is 2.71. The Morgan fingerprint density at radius 1 is 1.04 bits per heavy atom. The highest BCUT2D eigenvalue weighted by atomic mass is 35.5. The number of rotatable bonds is 5. The minimum atomic E-state index is -0.218. The zero-order valence-corrected chi connectivity index (χ0v) is 16.7. The van der Waals surface area contributed by atoms with E-state index in [2.05, 4.69) is 46.1 Å². The zero-order valence-electron chi connectivity index (χ0n) is 15.2. The largest absolute Gasteiger partial charge is 0.282 e. The summed E-state index contributed by atoms with van der Waals surface area (Å²) >= 11 is 7.82. The van der Waals surface area contributed by atoms with Crippen LogP contribution in [0, 0.1) is 6.92 Å². The minimum absolute atomic E-state index is 0.218. The molecule has 0 unspecified atom stereocenters. The van der Waals surface area contributed by atoms with Gasteiger partial charge >= 0.3 is 0 Å². The first-order valence-electron chi connectivity index (χ1n) is 8.75. The van der Waals surface area contributed by atoms with Crippen molar-refractivity contribution in [1.29, 1.82) is 0 Å². The van der Waals surface area contributed by atoms with E-state index in [-0.39, 0.29) is 11.1 Å². The number of hydrogen-bond acceptors (Lipinski definition) is 5. The maximum atomic E-state index is 13.1. The quantitative estimate of drug-likeness (QED) is 0.359. The lowest BCUT2D eigenvalue weighted by Gasteiger charge is -2.13. The second-order valence-corrected chi connectivity index (χ2v) is 7.73. The van der Waals surface area contributed by atoms with E-state index in [4.69, 9.17) is 11.6 Å². The zero-order chi connectivity index (χ0) is 19.5. The number of nitrogens with zero attached hydrogens (tertiary/aromatic N) is 4. The van der Waals surface area contributed by atoms with Crippen LogP contribution < -0.4 is 5.56 Å². The normalized spacial score (nSPS) is 11.1. The Morgan fingerprint density at radius 3 is 2.57 bits per heavy atom. The van der Waals surface area contributed by atoms with E-state index < -0.39 is 0 Å².